The largest absolute Gasteiger partial charge is 0.325 e. The molecule has 1 N–H and O–H groups in total. The maximum absolute atomic E-state index is 11.8. The topological polar surface area (TPSA) is 66.5 Å². The lowest BCUT2D eigenvalue weighted by atomic mass is 10.0. The second kappa shape index (κ2) is 5.86. The van der Waals surface area contributed by atoms with Gasteiger partial charge in [-0.15, -0.1) is 0 Å². The van der Waals surface area contributed by atoms with Crippen LogP contribution in [0.4, 0.5) is 5.69 Å². The molecule has 0 aromatic heterocycles. The number of anilines is 1. The van der Waals surface area contributed by atoms with E-state index in [1.54, 1.807) is 0 Å². The molecule has 1 aromatic carbocycles. The number of hydrogen-bond acceptors (Lipinski definition) is 3. The number of likely N-dealkylation sites (tertiary alicyclic amines) is 1. The zero-order valence-electron chi connectivity index (χ0n) is 11.7. The van der Waals surface area contributed by atoms with Crippen molar-refractivity contribution in [3.8, 4) is 0 Å². The molecule has 1 aliphatic rings. The molecule has 0 atom stereocenters. The van der Waals surface area contributed by atoms with E-state index < -0.39 is 0 Å². The lowest BCUT2D eigenvalue weighted by Crippen LogP contribution is -2.36. The molecule has 1 saturated heterocycles. The molecular formula is C15H18N2O3. The van der Waals surface area contributed by atoms with E-state index in [1.165, 1.54) is 5.56 Å². The van der Waals surface area contributed by atoms with Gasteiger partial charge in [0.15, 0.2) is 0 Å². The van der Waals surface area contributed by atoms with Crippen LogP contribution in [0.1, 0.15) is 38.2 Å². The maximum Gasteiger partial charge on any atom is 0.244 e. The molecule has 5 nitrogen and oxygen atoms in total. The Hall–Kier alpha value is -2.17. The van der Waals surface area contributed by atoms with Crippen LogP contribution in [0.5, 0.6) is 0 Å². The van der Waals surface area contributed by atoms with Crippen LogP contribution < -0.4 is 5.32 Å². The van der Waals surface area contributed by atoms with Crippen molar-refractivity contribution in [1.82, 2.24) is 4.90 Å². The third-order valence-electron chi connectivity index (χ3n) is 3.32. The number of amides is 3. The Kier molecular flexibility index (Phi) is 4.17. The summed E-state index contributed by atoms with van der Waals surface area (Å²) in [5.74, 6) is -0.480. The molecule has 5 heteroatoms. The summed E-state index contributed by atoms with van der Waals surface area (Å²) in [5.41, 5.74) is 1.85. The minimum atomic E-state index is -0.356. The van der Waals surface area contributed by atoms with Gasteiger partial charge in [-0.25, -0.2) is 0 Å². The summed E-state index contributed by atoms with van der Waals surface area (Å²) in [6, 6.07) is 7.54. The van der Waals surface area contributed by atoms with Crippen molar-refractivity contribution in [3.63, 3.8) is 0 Å². The summed E-state index contributed by atoms with van der Waals surface area (Å²) in [6.45, 7) is 3.99. The Morgan fingerprint density at radius 1 is 1.15 bits per heavy atom. The molecule has 0 bridgehead atoms. The van der Waals surface area contributed by atoms with E-state index in [1.807, 2.05) is 24.3 Å². The van der Waals surface area contributed by atoms with Crippen molar-refractivity contribution < 1.29 is 14.4 Å². The van der Waals surface area contributed by atoms with Gasteiger partial charge in [0, 0.05) is 18.5 Å². The van der Waals surface area contributed by atoms with E-state index in [9.17, 15) is 14.4 Å². The number of imide groups is 1. The van der Waals surface area contributed by atoms with E-state index in [0.717, 1.165) is 4.90 Å². The van der Waals surface area contributed by atoms with Gasteiger partial charge in [0.25, 0.3) is 0 Å². The first-order valence-corrected chi connectivity index (χ1v) is 6.70. The highest BCUT2D eigenvalue weighted by Crippen LogP contribution is 2.17. The van der Waals surface area contributed by atoms with Crippen LogP contribution in [-0.2, 0) is 14.4 Å². The molecule has 106 valence electrons. The highest BCUT2D eigenvalue weighted by atomic mass is 16.2. The van der Waals surface area contributed by atoms with Crippen molar-refractivity contribution in [2.45, 2.75) is 32.6 Å². The number of carbonyl (C=O) groups excluding carboxylic acids is 3. The predicted octanol–water partition coefficient (Wildman–Crippen LogP) is 1.90. The van der Waals surface area contributed by atoms with E-state index in [-0.39, 0.29) is 37.1 Å². The number of nitrogens with zero attached hydrogens (tertiary/aromatic N) is 1. The molecule has 1 heterocycles. The van der Waals surface area contributed by atoms with Gasteiger partial charge in [0.05, 0.1) is 0 Å². The zero-order chi connectivity index (χ0) is 14.7. The van der Waals surface area contributed by atoms with Gasteiger partial charge in [-0.05, 0) is 23.6 Å². The summed E-state index contributed by atoms with van der Waals surface area (Å²) < 4.78 is 0. The minimum Gasteiger partial charge on any atom is -0.325 e. The number of benzene rings is 1. The van der Waals surface area contributed by atoms with Gasteiger partial charge >= 0.3 is 0 Å². The molecule has 1 aliphatic heterocycles. The van der Waals surface area contributed by atoms with Crippen LogP contribution >= 0.6 is 0 Å². The van der Waals surface area contributed by atoms with Gasteiger partial charge in [0.2, 0.25) is 17.7 Å². The van der Waals surface area contributed by atoms with Crippen LogP contribution in [0.25, 0.3) is 0 Å². The van der Waals surface area contributed by atoms with Gasteiger partial charge in [0.1, 0.15) is 6.54 Å². The van der Waals surface area contributed by atoms with E-state index in [4.69, 9.17) is 0 Å². The lowest BCUT2D eigenvalue weighted by Gasteiger charge is -2.14. The fraction of sp³-hybridized carbons (Fsp3) is 0.400. The first-order chi connectivity index (χ1) is 9.47. The van der Waals surface area contributed by atoms with E-state index in [0.29, 0.717) is 11.6 Å². The quantitative estimate of drug-likeness (QED) is 0.853. The van der Waals surface area contributed by atoms with E-state index in [2.05, 4.69) is 19.2 Å². The van der Waals surface area contributed by atoms with Crippen LogP contribution in [-0.4, -0.2) is 29.2 Å². The molecule has 1 fully saturated rings. The van der Waals surface area contributed by atoms with Crippen LogP contribution in [0.15, 0.2) is 24.3 Å². The summed E-state index contributed by atoms with van der Waals surface area (Å²) in [5, 5.41) is 2.69. The summed E-state index contributed by atoms with van der Waals surface area (Å²) in [6.07, 6.45) is 0.407. The van der Waals surface area contributed by atoms with Crippen molar-refractivity contribution in [1.29, 1.82) is 0 Å². The highest BCUT2D eigenvalue weighted by Gasteiger charge is 2.30. The number of rotatable bonds is 4. The highest BCUT2D eigenvalue weighted by molar-refractivity contribution is 6.06. The SMILES string of the molecule is CC(C)c1ccc(NC(=O)CN2C(=O)CCC2=O)cc1. The Bertz CT molecular complexity index is 519. The van der Waals surface area contributed by atoms with Gasteiger partial charge in [-0.3, -0.25) is 19.3 Å². The van der Waals surface area contributed by atoms with Gasteiger partial charge in [-0.2, -0.15) is 0 Å². The third-order valence-corrected chi connectivity index (χ3v) is 3.32. The van der Waals surface area contributed by atoms with Crippen molar-refractivity contribution in [2.75, 3.05) is 11.9 Å². The molecule has 0 radical (unpaired) electrons. The monoisotopic (exact) mass is 274 g/mol. The molecule has 0 unspecified atom stereocenters. The number of hydrogen-bond donors (Lipinski definition) is 1. The normalized spacial score (nSPS) is 15.1. The summed E-state index contributed by atoms with van der Waals surface area (Å²) in [4.78, 5) is 35.7. The molecule has 0 spiro atoms. The second-order valence-corrected chi connectivity index (χ2v) is 5.20. The van der Waals surface area contributed by atoms with E-state index >= 15 is 0 Å². The van der Waals surface area contributed by atoms with Crippen molar-refractivity contribution >= 4 is 23.4 Å². The lowest BCUT2D eigenvalue weighted by molar-refractivity contribution is -0.141. The molecular weight excluding hydrogens is 256 g/mol. The number of nitrogens with one attached hydrogen (secondary N) is 1. The Morgan fingerprint density at radius 2 is 1.70 bits per heavy atom. The summed E-state index contributed by atoms with van der Waals surface area (Å²) >= 11 is 0. The Morgan fingerprint density at radius 3 is 2.20 bits per heavy atom. The molecule has 3 amide bonds. The third kappa shape index (κ3) is 3.23. The maximum atomic E-state index is 11.8. The molecule has 20 heavy (non-hydrogen) atoms. The Balaban J connectivity index is 1.94. The average Bonchev–Trinajstić information content (AvgIpc) is 2.71. The van der Waals surface area contributed by atoms with Crippen LogP contribution in [0.2, 0.25) is 0 Å². The Labute approximate surface area is 118 Å². The van der Waals surface area contributed by atoms with Crippen molar-refractivity contribution in [2.24, 2.45) is 0 Å². The molecule has 0 saturated carbocycles. The fourth-order valence-electron chi connectivity index (χ4n) is 2.09. The molecule has 1 aromatic rings. The molecule has 0 aliphatic carbocycles. The predicted molar refractivity (Wildman–Crippen MR) is 75.1 cm³/mol. The fourth-order valence-corrected chi connectivity index (χ4v) is 2.09. The smallest absolute Gasteiger partial charge is 0.244 e. The second-order valence-electron chi connectivity index (χ2n) is 5.20. The number of carbonyl (C=O) groups is 3. The van der Waals surface area contributed by atoms with Gasteiger partial charge < -0.3 is 5.32 Å². The summed E-state index contributed by atoms with van der Waals surface area (Å²) in [7, 11) is 0. The molecule has 2 rings (SSSR count). The van der Waals surface area contributed by atoms with Gasteiger partial charge in [-0.1, -0.05) is 26.0 Å². The van der Waals surface area contributed by atoms with Crippen LogP contribution in [0, 0.1) is 0 Å². The first-order valence-electron chi connectivity index (χ1n) is 6.70. The first kappa shape index (κ1) is 14.2. The van der Waals surface area contributed by atoms with Crippen LogP contribution in [0.3, 0.4) is 0 Å². The standard InChI is InChI=1S/C15H18N2O3/c1-10(2)11-3-5-12(6-4-11)16-13(18)9-17-14(19)7-8-15(17)20/h3-6,10H,7-9H2,1-2H3,(H,16,18). The van der Waals surface area contributed by atoms with Crippen molar-refractivity contribution in [3.05, 3.63) is 29.8 Å². The zero-order valence-corrected chi connectivity index (χ0v) is 11.7. The average molecular weight is 274 g/mol. The minimum absolute atomic E-state index is 0.204.